The standard InChI is InChI=1S/C37H33N3O3/c1-4-34(35-38-33-15-9-8-14-32(33)37(42)40(35)30-21-16-25(2)26(3)23-30)39(24-31-13-10-22-43-31)36(41)29-19-17-28(18-20-29)27-11-6-5-7-12-27/h5-23,34H,4,24H2,1-3H3. The molecule has 1 amide bonds. The van der Waals surface area contributed by atoms with Crippen LogP contribution in [0.3, 0.4) is 0 Å². The minimum atomic E-state index is -0.523. The van der Waals surface area contributed by atoms with Crippen LogP contribution in [-0.2, 0) is 6.54 Å². The smallest absolute Gasteiger partial charge is 0.266 e. The van der Waals surface area contributed by atoms with Gasteiger partial charge in [-0.3, -0.25) is 14.2 Å². The van der Waals surface area contributed by atoms with Gasteiger partial charge in [0.05, 0.1) is 35.4 Å². The zero-order valence-electron chi connectivity index (χ0n) is 24.5. The third kappa shape index (κ3) is 5.52. The van der Waals surface area contributed by atoms with E-state index in [1.807, 2.05) is 124 Å². The maximum Gasteiger partial charge on any atom is 0.266 e. The predicted octanol–water partition coefficient (Wildman–Crippen LogP) is 8.06. The van der Waals surface area contributed by atoms with E-state index < -0.39 is 6.04 Å². The number of aryl methyl sites for hydroxylation is 2. The molecule has 2 heterocycles. The summed E-state index contributed by atoms with van der Waals surface area (Å²) < 4.78 is 7.38. The van der Waals surface area contributed by atoms with Gasteiger partial charge in [-0.05, 0) is 91.1 Å². The molecule has 6 heteroatoms. The van der Waals surface area contributed by atoms with Gasteiger partial charge in [-0.2, -0.15) is 0 Å². The van der Waals surface area contributed by atoms with Gasteiger partial charge in [0.2, 0.25) is 0 Å². The van der Waals surface area contributed by atoms with Crippen molar-refractivity contribution in [1.82, 2.24) is 14.5 Å². The fourth-order valence-corrected chi connectivity index (χ4v) is 5.53. The SMILES string of the molecule is CCC(c1nc2ccccc2c(=O)n1-c1ccc(C)c(C)c1)N(Cc1ccco1)C(=O)c1ccc(-c2ccccc2)cc1. The van der Waals surface area contributed by atoms with E-state index in [4.69, 9.17) is 9.40 Å². The lowest BCUT2D eigenvalue weighted by molar-refractivity contribution is 0.0624. The van der Waals surface area contributed by atoms with E-state index in [-0.39, 0.29) is 18.0 Å². The average Bonchev–Trinajstić information content (AvgIpc) is 3.56. The summed E-state index contributed by atoms with van der Waals surface area (Å²) in [4.78, 5) is 35.3. The van der Waals surface area contributed by atoms with Crippen LogP contribution in [0.1, 0.15) is 52.5 Å². The minimum absolute atomic E-state index is 0.167. The maximum atomic E-state index is 14.4. The molecule has 1 unspecified atom stereocenters. The van der Waals surface area contributed by atoms with Crippen molar-refractivity contribution in [2.24, 2.45) is 0 Å². The zero-order valence-corrected chi connectivity index (χ0v) is 24.5. The van der Waals surface area contributed by atoms with Gasteiger partial charge in [0.1, 0.15) is 11.6 Å². The summed E-state index contributed by atoms with van der Waals surface area (Å²) in [6.45, 7) is 6.31. The number of para-hydroxylation sites is 1. The molecule has 0 N–H and O–H groups in total. The third-order valence-electron chi connectivity index (χ3n) is 8.02. The van der Waals surface area contributed by atoms with Crippen LogP contribution in [0.4, 0.5) is 0 Å². The monoisotopic (exact) mass is 567 g/mol. The highest BCUT2D eigenvalue weighted by Gasteiger charge is 2.30. The number of fused-ring (bicyclic) bond motifs is 1. The Balaban J connectivity index is 1.50. The molecule has 6 rings (SSSR count). The molecular formula is C37H33N3O3. The van der Waals surface area contributed by atoms with Gasteiger partial charge in [0, 0.05) is 5.56 Å². The molecule has 6 nitrogen and oxygen atoms in total. The highest BCUT2D eigenvalue weighted by Crippen LogP contribution is 2.30. The Morgan fingerprint density at radius 3 is 2.26 bits per heavy atom. The van der Waals surface area contributed by atoms with Gasteiger partial charge in [0.15, 0.2) is 0 Å². The lowest BCUT2D eigenvalue weighted by Crippen LogP contribution is -2.38. The molecule has 0 radical (unpaired) electrons. The average molecular weight is 568 g/mol. The Bertz CT molecular complexity index is 1940. The summed E-state index contributed by atoms with van der Waals surface area (Å²) in [5.41, 5.74) is 6.01. The van der Waals surface area contributed by atoms with Crippen LogP contribution < -0.4 is 5.56 Å². The predicted molar refractivity (Wildman–Crippen MR) is 170 cm³/mol. The van der Waals surface area contributed by atoms with E-state index in [2.05, 4.69) is 0 Å². The summed E-state index contributed by atoms with van der Waals surface area (Å²) in [6, 6.07) is 34.2. The molecule has 43 heavy (non-hydrogen) atoms. The number of carbonyl (C=O) groups is 1. The molecule has 1 atom stereocenters. The summed E-state index contributed by atoms with van der Waals surface area (Å²) in [5.74, 6) is 0.987. The minimum Gasteiger partial charge on any atom is -0.467 e. The Morgan fingerprint density at radius 2 is 1.56 bits per heavy atom. The molecule has 0 aliphatic carbocycles. The van der Waals surface area contributed by atoms with Gasteiger partial charge in [0.25, 0.3) is 11.5 Å². The lowest BCUT2D eigenvalue weighted by atomic mass is 10.0. The Morgan fingerprint density at radius 1 is 0.837 bits per heavy atom. The molecular weight excluding hydrogens is 534 g/mol. The van der Waals surface area contributed by atoms with Crippen LogP contribution in [0.15, 0.2) is 125 Å². The normalized spacial score (nSPS) is 11.9. The van der Waals surface area contributed by atoms with Crippen molar-refractivity contribution < 1.29 is 9.21 Å². The van der Waals surface area contributed by atoms with E-state index in [1.54, 1.807) is 21.8 Å². The highest BCUT2D eigenvalue weighted by molar-refractivity contribution is 5.95. The summed E-state index contributed by atoms with van der Waals surface area (Å²) in [7, 11) is 0. The van der Waals surface area contributed by atoms with E-state index in [0.29, 0.717) is 34.5 Å². The van der Waals surface area contributed by atoms with Gasteiger partial charge in [-0.15, -0.1) is 0 Å². The van der Waals surface area contributed by atoms with Crippen molar-refractivity contribution in [3.05, 3.63) is 154 Å². The quantitative estimate of drug-likeness (QED) is 0.187. The van der Waals surface area contributed by atoms with Crippen LogP contribution >= 0.6 is 0 Å². The number of nitrogens with zero attached hydrogens (tertiary/aromatic N) is 3. The second kappa shape index (κ2) is 11.9. The Hall–Kier alpha value is -5.23. The Labute approximate surface area is 250 Å². The van der Waals surface area contributed by atoms with Crippen molar-refractivity contribution >= 4 is 16.8 Å². The van der Waals surface area contributed by atoms with Crippen LogP contribution in [0, 0.1) is 13.8 Å². The second-order valence-corrected chi connectivity index (χ2v) is 10.8. The van der Waals surface area contributed by atoms with E-state index >= 15 is 0 Å². The number of rotatable bonds is 8. The highest BCUT2D eigenvalue weighted by atomic mass is 16.3. The largest absolute Gasteiger partial charge is 0.467 e. The number of aromatic nitrogens is 2. The van der Waals surface area contributed by atoms with E-state index in [0.717, 1.165) is 27.9 Å². The molecule has 214 valence electrons. The first-order valence-corrected chi connectivity index (χ1v) is 14.5. The third-order valence-corrected chi connectivity index (χ3v) is 8.02. The second-order valence-electron chi connectivity index (χ2n) is 10.8. The number of amides is 1. The van der Waals surface area contributed by atoms with Crippen molar-refractivity contribution in [2.45, 2.75) is 39.8 Å². The molecule has 0 aliphatic rings. The first-order chi connectivity index (χ1) is 20.9. The van der Waals surface area contributed by atoms with Crippen molar-refractivity contribution in [2.75, 3.05) is 0 Å². The molecule has 0 bridgehead atoms. The number of benzene rings is 4. The first-order valence-electron chi connectivity index (χ1n) is 14.5. The van der Waals surface area contributed by atoms with Gasteiger partial charge in [-0.25, -0.2) is 4.98 Å². The lowest BCUT2D eigenvalue weighted by Gasteiger charge is -2.32. The van der Waals surface area contributed by atoms with Gasteiger partial charge in [-0.1, -0.05) is 67.6 Å². The van der Waals surface area contributed by atoms with Gasteiger partial charge < -0.3 is 9.32 Å². The summed E-state index contributed by atoms with van der Waals surface area (Å²) in [6.07, 6.45) is 2.14. The molecule has 0 spiro atoms. The topological polar surface area (TPSA) is 68.3 Å². The zero-order chi connectivity index (χ0) is 29.9. The first kappa shape index (κ1) is 27.9. The number of carbonyl (C=O) groups excluding carboxylic acids is 1. The fraction of sp³-hybridized carbons (Fsp3) is 0.162. The maximum absolute atomic E-state index is 14.4. The van der Waals surface area contributed by atoms with Gasteiger partial charge >= 0.3 is 0 Å². The molecule has 6 aromatic rings. The molecule has 4 aromatic carbocycles. The van der Waals surface area contributed by atoms with Crippen LogP contribution in [0.2, 0.25) is 0 Å². The number of hydrogen-bond donors (Lipinski definition) is 0. The van der Waals surface area contributed by atoms with Crippen molar-refractivity contribution in [3.63, 3.8) is 0 Å². The molecule has 0 saturated heterocycles. The van der Waals surface area contributed by atoms with E-state index in [9.17, 15) is 9.59 Å². The van der Waals surface area contributed by atoms with Crippen molar-refractivity contribution in [3.8, 4) is 16.8 Å². The summed E-state index contributed by atoms with van der Waals surface area (Å²) in [5, 5.41) is 0.528. The molecule has 0 saturated carbocycles. The number of furan rings is 1. The van der Waals surface area contributed by atoms with Crippen LogP contribution in [-0.4, -0.2) is 20.4 Å². The summed E-state index contributed by atoms with van der Waals surface area (Å²) >= 11 is 0. The van der Waals surface area contributed by atoms with Crippen LogP contribution in [0.5, 0.6) is 0 Å². The van der Waals surface area contributed by atoms with Crippen LogP contribution in [0.25, 0.3) is 27.7 Å². The van der Waals surface area contributed by atoms with E-state index in [1.165, 1.54) is 0 Å². The molecule has 2 aromatic heterocycles. The fourth-order valence-electron chi connectivity index (χ4n) is 5.53. The molecule has 0 aliphatic heterocycles. The molecule has 0 fully saturated rings. The Kier molecular flexibility index (Phi) is 7.75. The number of hydrogen-bond acceptors (Lipinski definition) is 4. The van der Waals surface area contributed by atoms with Crippen molar-refractivity contribution in [1.29, 1.82) is 0 Å².